The third-order valence-corrected chi connectivity index (χ3v) is 5.01. The number of hydrogen-bond donors (Lipinski definition) is 2. The molecule has 168 valence electrons. The molecule has 10 heteroatoms. The first-order valence-electron chi connectivity index (χ1n) is 10.2. The molecule has 0 aliphatic heterocycles. The van der Waals surface area contributed by atoms with Crippen LogP contribution in [0.4, 0.5) is 0 Å². The van der Waals surface area contributed by atoms with Crippen LogP contribution in [0.25, 0.3) is 16.6 Å². The molecule has 0 aliphatic carbocycles. The molecule has 2 N–H and O–H groups in total. The van der Waals surface area contributed by atoms with Crippen molar-refractivity contribution in [3.8, 4) is 5.69 Å². The molecular weight excluding hydrogens is 424 g/mol. The fourth-order valence-corrected chi connectivity index (χ4v) is 3.29. The topological polar surface area (TPSA) is 123 Å². The summed E-state index contributed by atoms with van der Waals surface area (Å²) in [6, 6.07) is 14.3. The summed E-state index contributed by atoms with van der Waals surface area (Å²) in [7, 11) is 0. The summed E-state index contributed by atoms with van der Waals surface area (Å²) >= 11 is 0. The maximum atomic E-state index is 12.7. The van der Waals surface area contributed by atoms with Gasteiger partial charge in [-0.25, -0.2) is 15.1 Å². The van der Waals surface area contributed by atoms with Crippen LogP contribution in [0, 0.1) is 20.8 Å². The lowest BCUT2D eigenvalue weighted by atomic mass is 10.2. The third-order valence-electron chi connectivity index (χ3n) is 5.01. The van der Waals surface area contributed by atoms with Crippen LogP contribution in [0.2, 0.25) is 0 Å². The zero-order chi connectivity index (χ0) is 23.5. The van der Waals surface area contributed by atoms with E-state index in [0.29, 0.717) is 33.7 Å². The highest BCUT2D eigenvalue weighted by Gasteiger charge is 2.12. The predicted molar refractivity (Wildman–Crippen MR) is 124 cm³/mol. The van der Waals surface area contributed by atoms with Crippen molar-refractivity contribution >= 4 is 23.0 Å². The second-order valence-corrected chi connectivity index (χ2v) is 7.47. The first kappa shape index (κ1) is 21.8. The van der Waals surface area contributed by atoms with E-state index in [0.717, 1.165) is 10.3 Å². The number of nitrogens with one attached hydrogen (secondary N) is 2. The standard InChI is InChI=1S/C23H22N6O4/c1-14-8-10-17(11-9-14)28-22(31)19(15(2)27-28)12-24-26-21(30)13-33-29-16(3)25-20-7-5-4-6-18(20)23(29)32/h4-12,27H,13H2,1-3H3,(H,26,30). The lowest BCUT2D eigenvalue weighted by Gasteiger charge is -2.10. The van der Waals surface area contributed by atoms with Crippen LogP contribution in [0.15, 0.2) is 63.2 Å². The largest absolute Gasteiger partial charge is 0.399 e. The Balaban J connectivity index is 1.43. The van der Waals surface area contributed by atoms with Crippen LogP contribution < -0.4 is 21.4 Å². The molecule has 2 aromatic carbocycles. The van der Waals surface area contributed by atoms with E-state index in [1.54, 1.807) is 38.1 Å². The number of hydrazone groups is 1. The fraction of sp³-hybridized carbons (Fsp3) is 0.174. The Morgan fingerprint density at radius 1 is 1.09 bits per heavy atom. The molecule has 0 saturated carbocycles. The van der Waals surface area contributed by atoms with Gasteiger partial charge in [-0.05, 0) is 45.0 Å². The lowest BCUT2D eigenvalue weighted by molar-refractivity contribution is -0.126. The van der Waals surface area contributed by atoms with Gasteiger partial charge < -0.3 is 4.84 Å². The quantitative estimate of drug-likeness (QED) is 0.342. The number of carbonyl (C=O) groups excluding carboxylic acids is 1. The number of carbonyl (C=O) groups is 1. The Morgan fingerprint density at radius 2 is 1.82 bits per heavy atom. The number of nitrogens with zero attached hydrogens (tertiary/aromatic N) is 4. The van der Waals surface area contributed by atoms with Gasteiger partial charge in [0, 0.05) is 5.69 Å². The molecule has 0 unspecified atom stereocenters. The minimum atomic E-state index is -0.599. The van der Waals surface area contributed by atoms with Gasteiger partial charge in [0.05, 0.1) is 28.4 Å². The number of rotatable bonds is 6. The van der Waals surface area contributed by atoms with Crippen molar-refractivity contribution in [2.75, 3.05) is 6.61 Å². The van der Waals surface area contributed by atoms with Crippen molar-refractivity contribution in [2.24, 2.45) is 5.10 Å². The van der Waals surface area contributed by atoms with Gasteiger partial charge in [-0.15, -0.1) is 4.73 Å². The van der Waals surface area contributed by atoms with Crippen molar-refractivity contribution in [3.05, 3.63) is 91.9 Å². The number of H-pyrrole nitrogens is 1. The number of hydrogen-bond acceptors (Lipinski definition) is 6. The SMILES string of the molecule is Cc1ccc(-n2[nH]c(C)c(C=NNC(=O)COn3c(C)nc4ccccc4c3=O)c2=O)cc1. The number of fused-ring (bicyclic) bond motifs is 1. The molecule has 0 spiro atoms. The van der Waals surface area contributed by atoms with Crippen molar-refractivity contribution < 1.29 is 9.63 Å². The summed E-state index contributed by atoms with van der Waals surface area (Å²) in [5.74, 6) is -0.285. The van der Waals surface area contributed by atoms with Crippen molar-refractivity contribution in [2.45, 2.75) is 20.8 Å². The molecule has 0 atom stereocenters. The number of aromatic nitrogens is 4. The zero-order valence-corrected chi connectivity index (χ0v) is 18.3. The smallest absolute Gasteiger partial charge is 0.294 e. The van der Waals surface area contributed by atoms with Gasteiger partial charge in [0.2, 0.25) is 0 Å². The second-order valence-electron chi connectivity index (χ2n) is 7.47. The zero-order valence-electron chi connectivity index (χ0n) is 18.3. The molecule has 4 aromatic rings. The van der Waals surface area contributed by atoms with E-state index in [-0.39, 0.29) is 5.56 Å². The summed E-state index contributed by atoms with van der Waals surface area (Å²) in [5, 5.41) is 7.23. The summed E-state index contributed by atoms with van der Waals surface area (Å²) in [5.41, 5.74) is 4.82. The van der Waals surface area contributed by atoms with Crippen molar-refractivity contribution in [1.82, 2.24) is 24.9 Å². The Kier molecular flexibility index (Phi) is 5.90. The van der Waals surface area contributed by atoms with Crippen LogP contribution in [0.1, 0.15) is 22.6 Å². The second kappa shape index (κ2) is 8.95. The minimum Gasteiger partial charge on any atom is -0.399 e. The molecule has 10 nitrogen and oxygen atoms in total. The van der Waals surface area contributed by atoms with E-state index in [1.165, 1.54) is 10.9 Å². The number of aryl methyl sites for hydroxylation is 3. The fourth-order valence-electron chi connectivity index (χ4n) is 3.29. The molecule has 1 amide bonds. The Morgan fingerprint density at radius 3 is 2.58 bits per heavy atom. The van der Waals surface area contributed by atoms with Gasteiger partial charge in [0.1, 0.15) is 5.82 Å². The first-order chi connectivity index (χ1) is 15.8. The number of para-hydroxylation sites is 1. The van der Waals surface area contributed by atoms with E-state index in [9.17, 15) is 14.4 Å². The van der Waals surface area contributed by atoms with Crippen molar-refractivity contribution in [1.29, 1.82) is 0 Å². The van der Waals surface area contributed by atoms with E-state index < -0.39 is 18.1 Å². The third kappa shape index (κ3) is 4.45. The summed E-state index contributed by atoms with van der Waals surface area (Å²) in [4.78, 5) is 47.1. The van der Waals surface area contributed by atoms with Crippen LogP contribution in [-0.4, -0.2) is 38.2 Å². The summed E-state index contributed by atoms with van der Waals surface area (Å²) in [6.07, 6.45) is 1.27. The highest BCUT2D eigenvalue weighted by atomic mass is 16.7. The molecule has 33 heavy (non-hydrogen) atoms. The van der Waals surface area contributed by atoms with Crippen molar-refractivity contribution in [3.63, 3.8) is 0 Å². The maximum Gasteiger partial charge on any atom is 0.294 e. The van der Waals surface area contributed by atoms with E-state index in [1.807, 2.05) is 31.2 Å². The maximum absolute atomic E-state index is 12.7. The Labute approximate surface area is 188 Å². The van der Waals surface area contributed by atoms with Crippen LogP contribution in [0.5, 0.6) is 0 Å². The first-order valence-corrected chi connectivity index (χ1v) is 10.2. The van der Waals surface area contributed by atoms with Gasteiger partial charge in [-0.2, -0.15) is 5.10 Å². The molecule has 0 fully saturated rings. The van der Waals surface area contributed by atoms with E-state index in [4.69, 9.17) is 4.84 Å². The van der Waals surface area contributed by atoms with Crippen LogP contribution >= 0.6 is 0 Å². The molecule has 4 rings (SSSR count). The van der Waals surface area contributed by atoms with Crippen LogP contribution in [0.3, 0.4) is 0 Å². The molecule has 2 aromatic heterocycles. The average Bonchev–Trinajstić information content (AvgIpc) is 3.08. The Bertz CT molecular complexity index is 1480. The van der Waals surface area contributed by atoms with Gasteiger partial charge in [0.15, 0.2) is 6.61 Å². The van der Waals surface area contributed by atoms with E-state index in [2.05, 4.69) is 20.6 Å². The molecule has 2 heterocycles. The predicted octanol–water partition coefficient (Wildman–Crippen LogP) is 1.38. The molecular formula is C23H22N6O4. The highest BCUT2D eigenvalue weighted by Crippen LogP contribution is 2.08. The van der Waals surface area contributed by atoms with Gasteiger partial charge >= 0.3 is 0 Å². The number of benzene rings is 2. The Hall–Kier alpha value is -4.47. The van der Waals surface area contributed by atoms with Gasteiger partial charge in [-0.3, -0.25) is 19.5 Å². The molecule has 0 saturated heterocycles. The monoisotopic (exact) mass is 446 g/mol. The van der Waals surface area contributed by atoms with Gasteiger partial charge in [0.25, 0.3) is 17.0 Å². The van der Waals surface area contributed by atoms with Crippen LogP contribution in [-0.2, 0) is 4.79 Å². The number of aromatic amines is 1. The molecule has 0 bridgehead atoms. The summed E-state index contributed by atoms with van der Waals surface area (Å²) in [6.45, 7) is 4.85. The molecule has 0 radical (unpaired) electrons. The highest BCUT2D eigenvalue weighted by molar-refractivity contribution is 5.83. The van der Waals surface area contributed by atoms with E-state index >= 15 is 0 Å². The summed E-state index contributed by atoms with van der Waals surface area (Å²) < 4.78 is 2.38. The minimum absolute atomic E-state index is 0.296. The number of amides is 1. The average molecular weight is 446 g/mol. The lowest BCUT2D eigenvalue weighted by Crippen LogP contribution is -2.35. The van der Waals surface area contributed by atoms with Gasteiger partial charge in [-0.1, -0.05) is 29.8 Å². The molecule has 0 aliphatic rings. The normalized spacial score (nSPS) is 11.2.